The summed E-state index contributed by atoms with van der Waals surface area (Å²) in [6, 6.07) is 10.3. The Hall–Kier alpha value is -2.38. The highest BCUT2D eigenvalue weighted by molar-refractivity contribution is 7.17. The Balaban J connectivity index is 1.60. The number of nitrogens with zero attached hydrogens (tertiary/aromatic N) is 1. The first kappa shape index (κ1) is 16.5. The number of imide groups is 1. The number of carbonyl (C=O) groups is 3. The van der Waals surface area contributed by atoms with Gasteiger partial charge in [0.2, 0.25) is 0 Å². The lowest BCUT2D eigenvalue weighted by atomic mass is 10.2. The van der Waals surface area contributed by atoms with Crippen molar-refractivity contribution in [2.45, 2.75) is 0 Å². The lowest BCUT2D eigenvalue weighted by Crippen LogP contribution is -2.37. The third-order valence-electron chi connectivity index (χ3n) is 3.42. The standard InChI is InChI=1S/C16H13ClN2O4S/c17-11-3-1-10(2-4-11)12-5-6-13(24-12)15(21)23-9-14(20)19-8-7-18-16(19)22/h1-6H,7-9H2,(H,18,22). The predicted octanol–water partition coefficient (Wildman–Crippen LogP) is 2.78. The molecule has 1 aliphatic rings. The van der Waals surface area contributed by atoms with Gasteiger partial charge in [-0.25, -0.2) is 9.59 Å². The maximum atomic E-state index is 12.0. The molecule has 1 saturated heterocycles. The second-order valence-corrected chi connectivity index (χ2v) is 6.54. The number of halogens is 1. The van der Waals surface area contributed by atoms with Crippen LogP contribution in [0.5, 0.6) is 0 Å². The molecule has 0 spiro atoms. The molecule has 0 bridgehead atoms. The van der Waals surface area contributed by atoms with Crippen molar-refractivity contribution in [1.82, 2.24) is 10.2 Å². The largest absolute Gasteiger partial charge is 0.451 e. The summed E-state index contributed by atoms with van der Waals surface area (Å²) in [4.78, 5) is 37.5. The quantitative estimate of drug-likeness (QED) is 0.846. The molecule has 6 nitrogen and oxygen atoms in total. The molecule has 124 valence electrons. The van der Waals surface area contributed by atoms with Crippen LogP contribution in [0.25, 0.3) is 10.4 Å². The van der Waals surface area contributed by atoms with E-state index in [2.05, 4.69) is 5.32 Å². The van der Waals surface area contributed by atoms with Gasteiger partial charge in [-0.05, 0) is 29.8 Å². The topological polar surface area (TPSA) is 75.7 Å². The molecule has 1 N–H and O–H groups in total. The van der Waals surface area contributed by atoms with Crippen molar-refractivity contribution in [2.24, 2.45) is 0 Å². The Morgan fingerprint density at radius 1 is 1.21 bits per heavy atom. The molecule has 3 amide bonds. The van der Waals surface area contributed by atoms with Gasteiger partial charge in [-0.3, -0.25) is 9.69 Å². The second-order valence-electron chi connectivity index (χ2n) is 5.02. The van der Waals surface area contributed by atoms with Gasteiger partial charge in [0.05, 0.1) is 0 Å². The van der Waals surface area contributed by atoms with Crippen LogP contribution in [0.2, 0.25) is 5.02 Å². The summed E-state index contributed by atoms with van der Waals surface area (Å²) >= 11 is 7.12. The van der Waals surface area contributed by atoms with Gasteiger partial charge in [-0.1, -0.05) is 23.7 Å². The van der Waals surface area contributed by atoms with Crippen LogP contribution >= 0.6 is 22.9 Å². The lowest BCUT2D eigenvalue weighted by molar-refractivity contribution is -0.130. The van der Waals surface area contributed by atoms with Crippen molar-refractivity contribution >= 4 is 40.8 Å². The van der Waals surface area contributed by atoms with E-state index in [1.54, 1.807) is 24.3 Å². The number of thiophene rings is 1. The predicted molar refractivity (Wildman–Crippen MR) is 90.2 cm³/mol. The molecule has 1 aliphatic heterocycles. The molecule has 0 aliphatic carbocycles. The highest BCUT2D eigenvalue weighted by Gasteiger charge is 2.27. The van der Waals surface area contributed by atoms with Crippen molar-refractivity contribution in [1.29, 1.82) is 0 Å². The van der Waals surface area contributed by atoms with Gasteiger partial charge in [0, 0.05) is 23.0 Å². The monoisotopic (exact) mass is 364 g/mol. The third kappa shape index (κ3) is 3.58. The molecule has 3 rings (SSSR count). The number of hydrogen-bond donors (Lipinski definition) is 1. The minimum atomic E-state index is -0.590. The van der Waals surface area contributed by atoms with Gasteiger partial charge in [-0.15, -0.1) is 11.3 Å². The zero-order valence-corrected chi connectivity index (χ0v) is 14.0. The van der Waals surface area contributed by atoms with E-state index in [1.165, 1.54) is 11.3 Å². The maximum Gasteiger partial charge on any atom is 0.348 e. The van der Waals surface area contributed by atoms with Gasteiger partial charge >= 0.3 is 12.0 Å². The van der Waals surface area contributed by atoms with E-state index in [1.807, 2.05) is 12.1 Å². The van der Waals surface area contributed by atoms with E-state index in [0.717, 1.165) is 15.3 Å². The molecule has 24 heavy (non-hydrogen) atoms. The van der Waals surface area contributed by atoms with Crippen molar-refractivity contribution in [3.8, 4) is 10.4 Å². The van der Waals surface area contributed by atoms with Gasteiger partial charge in [0.15, 0.2) is 6.61 Å². The minimum absolute atomic E-state index is 0.287. The van der Waals surface area contributed by atoms with Gasteiger partial charge in [-0.2, -0.15) is 0 Å². The van der Waals surface area contributed by atoms with E-state index < -0.39 is 24.5 Å². The zero-order valence-electron chi connectivity index (χ0n) is 12.5. The molecule has 1 aromatic carbocycles. The number of esters is 1. The Labute approximate surface area is 147 Å². The highest BCUT2D eigenvalue weighted by Crippen LogP contribution is 2.29. The Bertz CT molecular complexity index is 788. The summed E-state index contributed by atoms with van der Waals surface area (Å²) < 4.78 is 5.00. The van der Waals surface area contributed by atoms with E-state index in [9.17, 15) is 14.4 Å². The molecular formula is C16H13ClN2O4S. The number of carbonyl (C=O) groups excluding carboxylic acids is 3. The first-order valence-corrected chi connectivity index (χ1v) is 8.35. The third-order valence-corrected chi connectivity index (χ3v) is 4.79. The van der Waals surface area contributed by atoms with Crippen molar-refractivity contribution in [2.75, 3.05) is 19.7 Å². The average molecular weight is 365 g/mol. The van der Waals surface area contributed by atoms with E-state index >= 15 is 0 Å². The number of amides is 3. The van der Waals surface area contributed by atoms with Crippen LogP contribution in [0.15, 0.2) is 36.4 Å². The fraction of sp³-hybridized carbons (Fsp3) is 0.188. The Morgan fingerprint density at radius 2 is 1.96 bits per heavy atom. The minimum Gasteiger partial charge on any atom is -0.451 e. The number of benzene rings is 1. The van der Waals surface area contributed by atoms with Crippen LogP contribution in [0.4, 0.5) is 4.79 Å². The highest BCUT2D eigenvalue weighted by atomic mass is 35.5. The first-order chi connectivity index (χ1) is 11.5. The van der Waals surface area contributed by atoms with Crippen molar-refractivity contribution in [3.05, 3.63) is 46.3 Å². The normalized spacial score (nSPS) is 13.7. The number of rotatable bonds is 4. The van der Waals surface area contributed by atoms with E-state index in [4.69, 9.17) is 16.3 Å². The van der Waals surface area contributed by atoms with Crippen molar-refractivity contribution < 1.29 is 19.1 Å². The smallest absolute Gasteiger partial charge is 0.348 e. The molecular weight excluding hydrogens is 352 g/mol. The van der Waals surface area contributed by atoms with Gasteiger partial charge < -0.3 is 10.1 Å². The summed E-state index contributed by atoms with van der Waals surface area (Å²) in [5, 5.41) is 3.15. The van der Waals surface area contributed by atoms with Crippen LogP contribution in [0, 0.1) is 0 Å². The molecule has 0 radical (unpaired) electrons. The summed E-state index contributed by atoms with van der Waals surface area (Å²) in [7, 11) is 0. The number of ether oxygens (including phenoxy) is 1. The second kappa shape index (κ2) is 7.02. The average Bonchev–Trinajstić information content (AvgIpc) is 3.22. The summed E-state index contributed by atoms with van der Waals surface area (Å²) in [6.07, 6.45) is 0. The maximum absolute atomic E-state index is 12.0. The van der Waals surface area contributed by atoms with E-state index in [0.29, 0.717) is 16.4 Å². The molecule has 2 heterocycles. The molecule has 1 fully saturated rings. The molecule has 0 atom stereocenters. The molecule has 8 heteroatoms. The van der Waals surface area contributed by atoms with Crippen molar-refractivity contribution in [3.63, 3.8) is 0 Å². The molecule has 0 unspecified atom stereocenters. The van der Waals surface area contributed by atoms with Crippen LogP contribution in [-0.2, 0) is 9.53 Å². The zero-order chi connectivity index (χ0) is 17.1. The molecule has 1 aromatic heterocycles. The van der Waals surface area contributed by atoms with Gasteiger partial charge in [0.25, 0.3) is 5.91 Å². The Morgan fingerprint density at radius 3 is 2.62 bits per heavy atom. The summed E-state index contributed by atoms with van der Waals surface area (Å²) in [5.41, 5.74) is 0.938. The van der Waals surface area contributed by atoms with Crippen LogP contribution in [-0.4, -0.2) is 42.5 Å². The number of nitrogens with one attached hydrogen (secondary N) is 1. The van der Waals surface area contributed by atoms with Crippen LogP contribution in [0.1, 0.15) is 9.67 Å². The summed E-state index contributed by atoms with van der Waals surface area (Å²) in [5.74, 6) is -1.12. The number of hydrogen-bond acceptors (Lipinski definition) is 5. The number of urea groups is 1. The SMILES string of the molecule is O=C(OCC(=O)N1CCNC1=O)c1ccc(-c2ccc(Cl)cc2)s1. The Kier molecular flexibility index (Phi) is 4.82. The van der Waals surface area contributed by atoms with Gasteiger partial charge in [0.1, 0.15) is 4.88 Å². The lowest BCUT2D eigenvalue weighted by Gasteiger charge is -2.11. The van der Waals surface area contributed by atoms with E-state index in [-0.39, 0.29) is 6.54 Å². The van der Waals surface area contributed by atoms with Crippen LogP contribution < -0.4 is 5.32 Å². The van der Waals surface area contributed by atoms with Crippen LogP contribution in [0.3, 0.4) is 0 Å². The molecule has 2 aromatic rings. The fourth-order valence-corrected chi connectivity index (χ4v) is 3.23. The first-order valence-electron chi connectivity index (χ1n) is 7.16. The summed E-state index contributed by atoms with van der Waals surface area (Å²) in [6.45, 7) is 0.239. The fourth-order valence-electron chi connectivity index (χ4n) is 2.20. The molecule has 0 saturated carbocycles.